The molecule has 0 saturated carbocycles. The maximum atomic E-state index is 11.2. The van der Waals surface area contributed by atoms with Crippen LogP contribution in [-0.4, -0.2) is 41.6 Å². The number of carbonyl (C=O) groups is 2. The van der Waals surface area contributed by atoms with Crippen molar-refractivity contribution in [2.24, 2.45) is 0 Å². The van der Waals surface area contributed by atoms with Crippen LogP contribution in [0.2, 0.25) is 0 Å². The van der Waals surface area contributed by atoms with Crippen LogP contribution in [0.4, 0.5) is 5.82 Å². The molecule has 6 nitrogen and oxygen atoms in total. The first kappa shape index (κ1) is 17.0. The number of rotatable bonds is 5. The molecule has 130 valence electrons. The minimum absolute atomic E-state index is 0.252. The lowest BCUT2D eigenvalue weighted by atomic mass is 10.0. The topological polar surface area (TPSA) is 82.5 Å². The third kappa shape index (κ3) is 3.79. The highest BCUT2D eigenvalue weighted by Gasteiger charge is 2.19. The van der Waals surface area contributed by atoms with Crippen molar-refractivity contribution in [1.29, 1.82) is 0 Å². The number of hydrogen-bond acceptors (Lipinski definition) is 4. The number of carboxylic acid groups (broad SMARTS) is 1. The van der Waals surface area contributed by atoms with E-state index >= 15 is 0 Å². The van der Waals surface area contributed by atoms with Gasteiger partial charge in [0.15, 0.2) is 0 Å². The number of aliphatic carboxylic acids is 1. The minimum atomic E-state index is -1.04. The Labute approximate surface area is 146 Å². The summed E-state index contributed by atoms with van der Waals surface area (Å²) >= 11 is 0. The number of nitrogens with zero attached hydrogens (tertiary/aromatic N) is 2. The molecule has 6 heteroatoms. The van der Waals surface area contributed by atoms with Crippen molar-refractivity contribution in [3.05, 3.63) is 47.7 Å². The number of anilines is 1. The Bertz CT molecular complexity index is 802. The summed E-state index contributed by atoms with van der Waals surface area (Å²) in [4.78, 5) is 29.0. The van der Waals surface area contributed by atoms with E-state index in [4.69, 9.17) is 0 Å². The molecule has 0 spiro atoms. The van der Waals surface area contributed by atoms with E-state index in [0.717, 1.165) is 35.5 Å². The Kier molecular flexibility index (Phi) is 4.70. The normalized spacial score (nSPS) is 14.1. The maximum absolute atomic E-state index is 11.2. The molecule has 0 saturated heterocycles. The molecule has 1 aliphatic rings. The summed E-state index contributed by atoms with van der Waals surface area (Å²) in [6.07, 6.45) is 3.12. The number of fused-ring (bicyclic) bond motifs is 1. The van der Waals surface area contributed by atoms with Gasteiger partial charge in [-0.15, -0.1) is 0 Å². The summed E-state index contributed by atoms with van der Waals surface area (Å²) in [6.45, 7) is 2.31. The number of aromatic nitrogens is 1. The van der Waals surface area contributed by atoms with E-state index in [0.29, 0.717) is 0 Å². The summed E-state index contributed by atoms with van der Waals surface area (Å²) in [5, 5.41) is 11.7. The number of amides is 1. The van der Waals surface area contributed by atoms with Gasteiger partial charge in [-0.2, -0.15) is 0 Å². The first-order valence-corrected chi connectivity index (χ1v) is 8.23. The minimum Gasteiger partial charge on any atom is -0.480 e. The second-order valence-corrected chi connectivity index (χ2v) is 6.37. The van der Waals surface area contributed by atoms with Crippen LogP contribution in [0.5, 0.6) is 0 Å². The molecule has 25 heavy (non-hydrogen) atoms. The highest BCUT2D eigenvalue weighted by atomic mass is 16.4. The lowest BCUT2D eigenvalue weighted by molar-refractivity contribution is -0.141. The SMILES string of the molecule is CC(=O)NC(Cc1ccc(-c2cnc3c(c2)CCN3C)cc1)C(=O)O. The smallest absolute Gasteiger partial charge is 0.326 e. The lowest BCUT2D eigenvalue weighted by Gasteiger charge is -2.14. The van der Waals surface area contributed by atoms with Crippen LogP contribution in [0.25, 0.3) is 11.1 Å². The van der Waals surface area contributed by atoms with Crippen LogP contribution in [0.1, 0.15) is 18.1 Å². The van der Waals surface area contributed by atoms with Crippen molar-refractivity contribution in [3.63, 3.8) is 0 Å². The number of hydrogen-bond donors (Lipinski definition) is 2. The second kappa shape index (κ2) is 6.93. The molecule has 2 aromatic rings. The van der Waals surface area contributed by atoms with Crippen molar-refractivity contribution in [2.75, 3.05) is 18.5 Å². The van der Waals surface area contributed by atoms with Gasteiger partial charge in [-0.1, -0.05) is 24.3 Å². The average molecular weight is 339 g/mol. The fraction of sp³-hybridized carbons (Fsp3) is 0.316. The fourth-order valence-corrected chi connectivity index (χ4v) is 3.10. The number of nitrogens with one attached hydrogen (secondary N) is 1. The maximum Gasteiger partial charge on any atom is 0.326 e. The molecule has 1 amide bonds. The first-order valence-electron chi connectivity index (χ1n) is 8.23. The molecule has 0 fully saturated rings. The Morgan fingerprint density at radius 1 is 1.28 bits per heavy atom. The van der Waals surface area contributed by atoms with Crippen molar-refractivity contribution in [3.8, 4) is 11.1 Å². The van der Waals surface area contributed by atoms with E-state index in [9.17, 15) is 14.7 Å². The molecule has 1 atom stereocenters. The molecule has 0 bridgehead atoms. The van der Waals surface area contributed by atoms with Crippen molar-refractivity contribution < 1.29 is 14.7 Å². The van der Waals surface area contributed by atoms with Crippen LogP contribution in [0.3, 0.4) is 0 Å². The number of carboxylic acids is 1. The van der Waals surface area contributed by atoms with Crippen molar-refractivity contribution in [2.45, 2.75) is 25.8 Å². The predicted molar refractivity (Wildman–Crippen MR) is 95.6 cm³/mol. The highest BCUT2D eigenvalue weighted by molar-refractivity contribution is 5.82. The van der Waals surface area contributed by atoms with Gasteiger partial charge in [0.2, 0.25) is 5.91 Å². The Morgan fingerprint density at radius 2 is 2.00 bits per heavy atom. The second-order valence-electron chi connectivity index (χ2n) is 6.37. The quantitative estimate of drug-likeness (QED) is 0.869. The van der Waals surface area contributed by atoms with Gasteiger partial charge in [-0.3, -0.25) is 4.79 Å². The zero-order valence-electron chi connectivity index (χ0n) is 14.3. The first-order chi connectivity index (χ1) is 11.9. The van der Waals surface area contributed by atoms with Gasteiger partial charge in [0.05, 0.1) is 0 Å². The van der Waals surface area contributed by atoms with Gasteiger partial charge < -0.3 is 15.3 Å². The van der Waals surface area contributed by atoms with E-state index in [-0.39, 0.29) is 12.3 Å². The Hall–Kier alpha value is -2.89. The van der Waals surface area contributed by atoms with Gasteiger partial charge in [0.1, 0.15) is 11.9 Å². The van der Waals surface area contributed by atoms with Crippen LogP contribution >= 0.6 is 0 Å². The van der Waals surface area contributed by atoms with Crippen LogP contribution in [-0.2, 0) is 22.4 Å². The van der Waals surface area contributed by atoms with Gasteiger partial charge in [0, 0.05) is 38.7 Å². The number of carbonyl (C=O) groups excluding carboxylic acids is 1. The number of pyridine rings is 1. The van der Waals surface area contributed by atoms with E-state index in [1.165, 1.54) is 12.5 Å². The molecule has 1 aromatic heterocycles. The molecule has 0 radical (unpaired) electrons. The molecule has 1 unspecified atom stereocenters. The van der Waals surface area contributed by atoms with Gasteiger partial charge in [-0.05, 0) is 29.2 Å². The summed E-state index contributed by atoms with van der Waals surface area (Å²) in [5.41, 5.74) is 4.21. The molecule has 3 rings (SSSR count). The number of likely N-dealkylation sites (N-methyl/N-ethyl adjacent to an activating group) is 1. The van der Waals surface area contributed by atoms with E-state index in [2.05, 4.69) is 21.3 Å². The van der Waals surface area contributed by atoms with E-state index < -0.39 is 12.0 Å². The van der Waals surface area contributed by atoms with Crippen molar-refractivity contribution >= 4 is 17.7 Å². The van der Waals surface area contributed by atoms with Crippen molar-refractivity contribution in [1.82, 2.24) is 10.3 Å². The van der Waals surface area contributed by atoms with Gasteiger partial charge in [-0.25, -0.2) is 9.78 Å². The molecule has 0 aliphatic carbocycles. The summed E-state index contributed by atoms with van der Waals surface area (Å²) in [6, 6.07) is 8.96. The third-order valence-corrected chi connectivity index (χ3v) is 4.42. The Balaban J connectivity index is 1.76. The van der Waals surface area contributed by atoms with E-state index in [1.807, 2.05) is 37.5 Å². The lowest BCUT2D eigenvalue weighted by Crippen LogP contribution is -2.41. The third-order valence-electron chi connectivity index (χ3n) is 4.42. The van der Waals surface area contributed by atoms with Crippen LogP contribution < -0.4 is 10.2 Å². The average Bonchev–Trinajstić information content (AvgIpc) is 2.95. The molecule has 2 heterocycles. The molecular formula is C19H21N3O3. The number of benzene rings is 1. The largest absolute Gasteiger partial charge is 0.480 e. The summed E-state index contributed by atoms with van der Waals surface area (Å²) < 4.78 is 0. The predicted octanol–water partition coefficient (Wildman–Crippen LogP) is 1.87. The molecule has 1 aromatic carbocycles. The standard InChI is InChI=1S/C19H21N3O3/c1-12(23)21-17(19(24)25)9-13-3-5-14(6-4-13)16-10-15-7-8-22(2)18(15)20-11-16/h3-6,10-11,17H,7-9H2,1-2H3,(H,21,23)(H,24,25). The van der Waals surface area contributed by atoms with Gasteiger partial charge in [0.25, 0.3) is 0 Å². The molecule has 2 N–H and O–H groups in total. The zero-order valence-corrected chi connectivity index (χ0v) is 14.3. The highest BCUT2D eigenvalue weighted by Crippen LogP contribution is 2.29. The fourth-order valence-electron chi connectivity index (χ4n) is 3.10. The zero-order chi connectivity index (χ0) is 18.0. The summed E-state index contributed by atoms with van der Waals surface area (Å²) in [7, 11) is 2.04. The van der Waals surface area contributed by atoms with Crippen LogP contribution in [0, 0.1) is 0 Å². The monoisotopic (exact) mass is 339 g/mol. The summed E-state index contributed by atoms with van der Waals surface area (Å²) in [5.74, 6) is -0.343. The molecular weight excluding hydrogens is 318 g/mol. The van der Waals surface area contributed by atoms with Gasteiger partial charge >= 0.3 is 5.97 Å². The molecule has 1 aliphatic heterocycles. The Morgan fingerprint density at radius 3 is 2.64 bits per heavy atom. The van der Waals surface area contributed by atoms with Crippen LogP contribution in [0.15, 0.2) is 36.5 Å². The van der Waals surface area contributed by atoms with E-state index in [1.54, 1.807) is 0 Å².